The van der Waals surface area contributed by atoms with Crippen LogP contribution >= 0.6 is 0 Å². The molecule has 0 spiro atoms. The van der Waals surface area contributed by atoms with Crippen molar-refractivity contribution in [2.45, 2.75) is 33.6 Å². The van der Waals surface area contributed by atoms with Crippen molar-refractivity contribution in [3.8, 4) is 0 Å². The molecule has 116 valence electrons. The number of esters is 1. The summed E-state index contributed by atoms with van der Waals surface area (Å²) in [5, 5.41) is 0.952. The van der Waals surface area contributed by atoms with Crippen LogP contribution in [0.1, 0.15) is 30.6 Å². The number of aryl methyl sites for hydroxylation is 3. The topological polar surface area (TPSA) is 68.2 Å². The number of aromatic nitrogens is 3. The van der Waals surface area contributed by atoms with Crippen molar-refractivity contribution in [1.29, 1.82) is 0 Å². The van der Waals surface area contributed by atoms with Gasteiger partial charge in [0.15, 0.2) is 0 Å². The lowest BCUT2D eigenvalue weighted by atomic mass is 10.1. The Hall–Kier alpha value is -2.24. The zero-order valence-corrected chi connectivity index (χ0v) is 13.2. The van der Waals surface area contributed by atoms with Crippen LogP contribution in [0.2, 0.25) is 0 Å². The molecular weight excluding hydrogens is 280 g/mol. The van der Waals surface area contributed by atoms with Crippen LogP contribution in [0.25, 0.3) is 10.9 Å². The van der Waals surface area contributed by atoms with Gasteiger partial charge >= 0.3 is 5.97 Å². The van der Waals surface area contributed by atoms with Gasteiger partial charge < -0.3 is 9.64 Å². The molecule has 0 unspecified atom stereocenters. The zero-order valence-electron chi connectivity index (χ0n) is 13.2. The summed E-state index contributed by atoms with van der Waals surface area (Å²) < 4.78 is 5.13. The summed E-state index contributed by atoms with van der Waals surface area (Å²) >= 11 is 0. The highest BCUT2D eigenvalue weighted by atomic mass is 16.5. The number of hydrogen-bond donors (Lipinski definition) is 0. The molecule has 0 saturated carbocycles. The Balaban J connectivity index is 2.21. The molecule has 0 aromatic carbocycles. The van der Waals surface area contributed by atoms with Crippen LogP contribution in [-0.2, 0) is 16.0 Å². The minimum Gasteiger partial charge on any atom is -0.464 e. The molecule has 6 nitrogen and oxygen atoms in total. The predicted molar refractivity (Wildman–Crippen MR) is 84.0 cm³/mol. The molecule has 1 fully saturated rings. The summed E-state index contributed by atoms with van der Waals surface area (Å²) in [5.74, 6) is 1.29. The first-order valence-corrected chi connectivity index (χ1v) is 7.64. The highest BCUT2D eigenvalue weighted by Crippen LogP contribution is 2.28. The van der Waals surface area contributed by atoms with Gasteiger partial charge in [-0.2, -0.15) is 0 Å². The Bertz CT molecular complexity index is 724. The van der Waals surface area contributed by atoms with Gasteiger partial charge in [-0.15, -0.1) is 0 Å². The number of anilines is 1. The third-order valence-electron chi connectivity index (χ3n) is 3.77. The van der Waals surface area contributed by atoms with E-state index in [1.54, 1.807) is 0 Å². The first kappa shape index (κ1) is 14.7. The van der Waals surface area contributed by atoms with E-state index in [-0.39, 0.29) is 12.5 Å². The molecule has 3 rings (SSSR count). The van der Waals surface area contributed by atoms with E-state index in [0.29, 0.717) is 12.4 Å². The third kappa shape index (κ3) is 2.73. The van der Waals surface area contributed by atoms with E-state index in [9.17, 15) is 4.79 Å². The van der Waals surface area contributed by atoms with Crippen LogP contribution in [0, 0.1) is 13.8 Å². The SMILES string of the molecule is CCc1nc(C)cc2nc(C)nc(N3CCCOC(=O)C3)c12. The molecule has 0 bridgehead atoms. The average Bonchev–Trinajstić information content (AvgIpc) is 2.69. The summed E-state index contributed by atoms with van der Waals surface area (Å²) in [5.41, 5.74) is 2.82. The van der Waals surface area contributed by atoms with Crippen LogP contribution in [0.4, 0.5) is 5.82 Å². The number of rotatable bonds is 2. The molecule has 0 amide bonds. The molecule has 0 atom stereocenters. The molecule has 2 aromatic rings. The van der Waals surface area contributed by atoms with Crippen LogP contribution < -0.4 is 4.90 Å². The number of cyclic esters (lactones) is 1. The maximum absolute atomic E-state index is 11.8. The molecule has 1 saturated heterocycles. The Labute approximate surface area is 129 Å². The molecule has 22 heavy (non-hydrogen) atoms. The first-order valence-electron chi connectivity index (χ1n) is 7.64. The van der Waals surface area contributed by atoms with Crippen molar-refractivity contribution in [2.75, 3.05) is 24.6 Å². The zero-order chi connectivity index (χ0) is 15.7. The highest BCUT2D eigenvalue weighted by molar-refractivity contribution is 5.93. The van der Waals surface area contributed by atoms with Gasteiger partial charge in [0.05, 0.1) is 23.2 Å². The Morgan fingerprint density at radius 1 is 1.27 bits per heavy atom. The minimum absolute atomic E-state index is 0.208. The van der Waals surface area contributed by atoms with Gasteiger partial charge in [-0.1, -0.05) is 6.92 Å². The second-order valence-corrected chi connectivity index (χ2v) is 5.55. The van der Waals surface area contributed by atoms with E-state index in [4.69, 9.17) is 4.74 Å². The van der Waals surface area contributed by atoms with Gasteiger partial charge in [0, 0.05) is 12.2 Å². The standard InChI is InChI=1S/C16H20N4O2/c1-4-12-15-13(8-10(2)17-12)18-11(3)19-16(15)20-6-5-7-22-14(21)9-20/h8H,4-7,9H2,1-3H3. The second-order valence-electron chi connectivity index (χ2n) is 5.55. The second kappa shape index (κ2) is 5.87. The van der Waals surface area contributed by atoms with Crippen LogP contribution in [0.15, 0.2) is 6.07 Å². The Kier molecular flexibility index (Phi) is 3.92. The van der Waals surface area contributed by atoms with E-state index >= 15 is 0 Å². The lowest BCUT2D eigenvalue weighted by molar-refractivity contribution is -0.141. The fraction of sp³-hybridized carbons (Fsp3) is 0.500. The van der Waals surface area contributed by atoms with Crippen molar-refractivity contribution in [1.82, 2.24) is 15.0 Å². The Morgan fingerprint density at radius 3 is 2.86 bits per heavy atom. The smallest absolute Gasteiger partial charge is 0.325 e. The molecule has 1 aliphatic heterocycles. The summed E-state index contributed by atoms with van der Waals surface area (Å²) in [6, 6.07) is 1.98. The van der Waals surface area contributed by atoms with E-state index in [2.05, 4.69) is 21.9 Å². The number of hydrogen-bond acceptors (Lipinski definition) is 6. The lowest BCUT2D eigenvalue weighted by Gasteiger charge is -2.22. The normalized spacial score (nSPS) is 15.8. The van der Waals surface area contributed by atoms with E-state index < -0.39 is 0 Å². The number of fused-ring (bicyclic) bond motifs is 1. The monoisotopic (exact) mass is 300 g/mol. The molecule has 0 radical (unpaired) electrons. The van der Waals surface area contributed by atoms with Crippen LogP contribution in [-0.4, -0.2) is 40.6 Å². The third-order valence-corrected chi connectivity index (χ3v) is 3.77. The summed E-state index contributed by atoms with van der Waals surface area (Å²) in [7, 11) is 0. The van der Waals surface area contributed by atoms with Gasteiger partial charge in [0.1, 0.15) is 18.2 Å². The number of ether oxygens (including phenoxy) is 1. The number of carbonyl (C=O) groups excluding carboxylic acids is 1. The van der Waals surface area contributed by atoms with Crippen molar-refractivity contribution < 1.29 is 9.53 Å². The summed E-state index contributed by atoms with van der Waals surface area (Å²) in [6.45, 7) is 7.35. The average molecular weight is 300 g/mol. The molecule has 0 N–H and O–H groups in total. The van der Waals surface area contributed by atoms with Crippen LogP contribution in [0.3, 0.4) is 0 Å². The van der Waals surface area contributed by atoms with Gasteiger partial charge in [-0.25, -0.2) is 9.97 Å². The predicted octanol–water partition coefficient (Wildman–Crippen LogP) is 1.96. The van der Waals surface area contributed by atoms with Gasteiger partial charge in [0.25, 0.3) is 0 Å². The van der Waals surface area contributed by atoms with Crippen molar-refractivity contribution in [3.63, 3.8) is 0 Å². The highest BCUT2D eigenvalue weighted by Gasteiger charge is 2.22. The number of pyridine rings is 1. The summed E-state index contributed by atoms with van der Waals surface area (Å²) in [6.07, 6.45) is 1.60. The fourth-order valence-electron chi connectivity index (χ4n) is 2.85. The molecule has 1 aliphatic rings. The molecular formula is C16H20N4O2. The molecule has 6 heteroatoms. The van der Waals surface area contributed by atoms with Crippen molar-refractivity contribution >= 4 is 22.7 Å². The largest absolute Gasteiger partial charge is 0.464 e. The van der Waals surface area contributed by atoms with Gasteiger partial charge in [-0.05, 0) is 32.8 Å². The van der Waals surface area contributed by atoms with Crippen LogP contribution in [0.5, 0.6) is 0 Å². The number of carbonyl (C=O) groups is 1. The molecule has 2 aromatic heterocycles. The summed E-state index contributed by atoms with van der Waals surface area (Å²) in [4.78, 5) is 27.5. The van der Waals surface area contributed by atoms with E-state index in [1.165, 1.54) is 0 Å². The number of nitrogens with zero attached hydrogens (tertiary/aromatic N) is 4. The van der Waals surface area contributed by atoms with E-state index in [0.717, 1.165) is 47.5 Å². The van der Waals surface area contributed by atoms with Gasteiger partial charge in [-0.3, -0.25) is 9.78 Å². The fourth-order valence-corrected chi connectivity index (χ4v) is 2.85. The molecule has 3 heterocycles. The maximum atomic E-state index is 11.8. The van der Waals surface area contributed by atoms with Crippen molar-refractivity contribution in [3.05, 3.63) is 23.3 Å². The quantitative estimate of drug-likeness (QED) is 0.790. The minimum atomic E-state index is -0.208. The first-order chi connectivity index (χ1) is 10.6. The molecule has 0 aliphatic carbocycles. The lowest BCUT2D eigenvalue weighted by Crippen LogP contribution is -2.30. The maximum Gasteiger partial charge on any atom is 0.325 e. The van der Waals surface area contributed by atoms with E-state index in [1.807, 2.05) is 24.8 Å². The van der Waals surface area contributed by atoms with Crippen molar-refractivity contribution in [2.24, 2.45) is 0 Å². The Morgan fingerprint density at radius 2 is 2.09 bits per heavy atom. The van der Waals surface area contributed by atoms with Gasteiger partial charge in [0.2, 0.25) is 0 Å².